The molecule has 0 radical (unpaired) electrons. The van der Waals surface area contributed by atoms with Crippen LogP contribution in [0, 0.1) is 5.82 Å². The van der Waals surface area contributed by atoms with Gasteiger partial charge in [-0.1, -0.05) is 0 Å². The molecule has 1 aromatic carbocycles. The van der Waals surface area contributed by atoms with Crippen LogP contribution in [0.25, 0.3) is 0 Å². The van der Waals surface area contributed by atoms with Crippen LogP contribution in [0.15, 0.2) is 18.2 Å². The lowest BCUT2D eigenvalue weighted by Crippen LogP contribution is -2.27. The van der Waals surface area contributed by atoms with Crippen LogP contribution in [-0.2, 0) is 0 Å². The fourth-order valence-electron chi connectivity index (χ4n) is 1.82. The number of nitrogen functional groups attached to an aromatic ring is 1. The molecule has 0 unspecified atom stereocenters. The molecule has 96 valence electrons. The second kappa shape index (κ2) is 6.45. The third-order valence-electron chi connectivity index (χ3n) is 2.75. The summed E-state index contributed by atoms with van der Waals surface area (Å²) in [6.07, 6.45) is 1.04. The number of rotatable bonds is 6. The molecule has 0 spiro atoms. The highest BCUT2D eigenvalue weighted by atomic mass is 19.1. The molecular formula is C13H22FN3. The highest BCUT2D eigenvalue weighted by molar-refractivity contribution is 5.67. The molecule has 0 fully saturated rings. The minimum Gasteiger partial charge on any atom is -0.397 e. The van der Waals surface area contributed by atoms with E-state index in [1.54, 1.807) is 6.07 Å². The van der Waals surface area contributed by atoms with Gasteiger partial charge in [-0.3, -0.25) is 0 Å². The number of hydrogen-bond donors (Lipinski definition) is 1. The zero-order chi connectivity index (χ0) is 12.8. The van der Waals surface area contributed by atoms with E-state index in [-0.39, 0.29) is 5.82 Å². The average Bonchev–Trinajstić information content (AvgIpc) is 2.28. The average molecular weight is 239 g/mol. The number of benzene rings is 1. The Bertz CT molecular complexity index is 353. The van der Waals surface area contributed by atoms with E-state index in [1.165, 1.54) is 12.1 Å². The third kappa shape index (κ3) is 4.23. The van der Waals surface area contributed by atoms with Gasteiger partial charge < -0.3 is 15.5 Å². The van der Waals surface area contributed by atoms with E-state index < -0.39 is 0 Å². The van der Waals surface area contributed by atoms with Crippen molar-refractivity contribution in [2.24, 2.45) is 0 Å². The van der Waals surface area contributed by atoms with E-state index in [0.717, 1.165) is 31.7 Å². The SMILES string of the molecule is CCN(CCCN(C)C)c1cc(F)ccc1N. The minimum absolute atomic E-state index is 0.236. The highest BCUT2D eigenvalue weighted by Gasteiger charge is 2.09. The van der Waals surface area contributed by atoms with Crippen molar-refractivity contribution in [3.8, 4) is 0 Å². The van der Waals surface area contributed by atoms with Crippen molar-refractivity contribution >= 4 is 11.4 Å². The van der Waals surface area contributed by atoms with Crippen molar-refractivity contribution in [2.75, 3.05) is 44.4 Å². The van der Waals surface area contributed by atoms with Crippen molar-refractivity contribution in [1.82, 2.24) is 4.90 Å². The topological polar surface area (TPSA) is 32.5 Å². The van der Waals surface area contributed by atoms with Gasteiger partial charge in [0.1, 0.15) is 5.82 Å². The maximum absolute atomic E-state index is 13.2. The largest absolute Gasteiger partial charge is 0.397 e. The van der Waals surface area contributed by atoms with Crippen LogP contribution in [0.4, 0.5) is 15.8 Å². The van der Waals surface area contributed by atoms with Gasteiger partial charge in [-0.15, -0.1) is 0 Å². The normalized spacial score (nSPS) is 10.9. The molecule has 3 nitrogen and oxygen atoms in total. The lowest BCUT2D eigenvalue weighted by Gasteiger charge is -2.25. The predicted octanol–water partition coefficient (Wildman–Crippen LogP) is 2.19. The molecule has 0 atom stereocenters. The second-order valence-electron chi connectivity index (χ2n) is 4.44. The summed E-state index contributed by atoms with van der Waals surface area (Å²) in [7, 11) is 4.10. The first-order chi connectivity index (χ1) is 8.04. The van der Waals surface area contributed by atoms with Crippen molar-refractivity contribution in [3.05, 3.63) is 24.0 Å². The fourth-order valence-corrected chi connectivity index (χ4v) is 1.82. The maximum atomic E-state index is 13.2. The summed E-state index contributed by atoms with van der Waals surface area (Å²) in [5, 5.41) is 0. The van der Waals surface area contributed by atoms with Gasteiger partial charge in [-0.2, -0.15) is 0 Å². The molecule has 0 aliphatic carbocycles. The van der Waals surface area contributed by atoms with Crippen molar-refractivity contribution in [3.63, 3.8) is 0 Å². The van der Waals surface area contributed by atoms with Crippen LogP contribution in [0.1, 0.15) is 13.3 Å². The van der Waals surface area contributed by atoms with E-state index in [0.29, 0.717) is 5.69 Å². The zero-order valence-corrected chi connectivity index (χ0v) is 10.9. The van der Waals surface area contributed by atoms with Crippen LogP contribution in [0.3, 0.4) is 0 Å². The second-order valence-corrected chi connectivity index (χ2v) is 4.44. The maximum Gasteiger partial charge on any atom is 0.125 e. The Morgan fingerprint density at radius 3 is 2.53 bits per heavy atom. The molecule has 0 heterocycles. The van der Waals surface area contributed by atoms with Gasteiger partial charge in [-0.25, -0.2) is 4.39 Å². The Morgan fingerprint density at radius 2 is 1.94 bits per heavy atom. The molecule has 1 rings (SSSR count). The predicted molar refractivity (Wildman–Crippen MR) is 71.9 cm³/mol. The van der Waals surface area contributed by atoms with Crippen LogP contribution in [-0.4, -0.2) is 38.6 Å². The van der Waals surface area contributed by atoms with E-state index in [9.17, 15) is 4.39 Å². The van der Waals surface area contributed by atoms with E-state index in [4.69, 9.17) is 5.73 Å². The van der Waals surface area contributed by atoms with Crippen LogP contribution < -0.4 is 10.6 Å². The van der Waals surface area contributed by atoms with Gasteiger partial charge in [0.15, 0.2) is 0 Å². The lowest BCUT2D eigenvalue weighted by molar-refractivity contribution is 0.400. The molecule has 0 aliphatic heterocycles. The molecule has 0 amide bonds. The molecule has 4 heteroatoms. The fraction of sp³-hybridized carbons (Fsp3) is 0.538. The number of nitrogens with two attached hydrogens (primary N) is 1. The Hall–Kier alpha value is -1.29. The third-order valence-corrected chi connectivity index (χ3v) is 2.75. The monoisotopic (exact) mass is 239 g/mol. The molecule has 2 N–H and O–H groups in total. The van der Waals surface area contributed by atoms with Crippen molar-refractivity contribution < 1.29 is 4.39 Å². The number of anilines is 2. The molecule has 17 heavy (non-hydrogen) atoms. The van der Waals surface area contributed by atoms with E-state index in [1.807, 2.05) is 14.1 Å². The molecule has 0 saturated carbocycles. The summed E-state index contributed by atoms with van der Waals surface area (Å²) in [4.78, 5) is 4.25. The number of nitrogens with zero attached hydrogens (tertiary/aromatic N) is 2. The Kier molecular flexibility index (Phi) is 5.22. The Morgan fingerprint density at radius 1 is 1.24 bits per heavy atom. The Balaban J connectivity index is 2.68. The standard InChI is InChI=1S/C13H22FN3/c1-4-17(9-5-8-16(2)3)13-10-11(14)6-7-12(13)15/h6-7,10H,4-5,8-9,15H2,1-3H3. The smallest absolute Gasteiger partial charge is 0.125 e. The van der Waals surface area contributed by atoms with Crippen LogP contribution in [0.2, 0.25) is 0 Å². The molecule has 0 aliphatic rings. The molecular weight excluding hydrogens is 217 g/mol. The first kappa shape index (κ1) is 13.8. The van der Waals surface area contributed by atoms with Gasteiger partial charge >= 0.3 is 0 Å². The molecule has 0 aromatic heterocycles. The zero-order valence-electron chi connectivity index (χ0n) is 10.9. The minimum atomic E-state index is -0.236. The summed E-state index contributed by atoms with van der Waals surface area (Å²) in [6, 6.07) is 4.53. The summed E-state index contributed by atoms with van der Waals surface area (Å²) < 4.78 is 13.2. The molecule has 0 bridgehead atoms. The summed E-state index contributed by atoms with van der Waals surface area (Å²) >= 11 is 0. The first-order valence-corrected chi connectivity index (χ1v) is 5.99. The van der Waals surface area contributed by atoms with Gasteiger partial charge in [0.2, 0.25) is 0 Å². The van der Waals surface area contributed by atoms with E-state index in [2.05, 4.69) is 16.7 Å². The van der Waals surface area contributed by atoms with Crippen molar-refractivity contribution in [2.45, 2.75) is 13.3 Å². The quantitative estimate of drug-likeness (QED) is 0.772. The first-order valence-electron chi connectivity index (χ1n) is 5.99. The van der Waals surface area contributed by atoms with Crippen molar-refractivity contribution in [1.29, 1.82) is 0 Å². The summed E-state index contributed by atoms with van der Waals surface area (Å²) in [5.41, 5.74) is 7.31. The van der Waals surface area contributed by atoms with Crippen LogP contribution in [0.5, 0.6) is 0 Å². The lowest BCUT2D eigenvalue weighted by atomic mass is 10.2. The van der Waals surface area contributed by atoms with Gasteiger partial charge in [-0.05, 0) is 52.2 Å². The summed E-state index contributed by atoms with van der Waals surface area (Å²) in [5.74, 6) is -0.236. The van der Waals surface area contributed by atoms with Gasteiger partial charge in [0, 0.05) is 13.1 Å². The van der Waals surface area contributed by atoms with Crippen LogP contribution >= 0.6 is 0 Å². The number of hydrogen-bond acceptors (Lipinski definition) is 3. The van der Waals surface area contributed by atoms with Gasteiger partial charge in [0.25, 0.3) is 0 Å². The number of halogens is 1. The Labute approximate surface area is 103 Å². The highest BCUT2D eigenvalue weighted by Crippen LogP contribution is 2.24. The van der Waals surface area contributed by atoms with Gasteiger partial charge in [0.05, 0.1) is 11.4 Å². The molecule has 1 aromatic rings. The molecule has 0 saturated heterocycles. The summed E-state index contributed by atoms with van der Waals surface area (Å²) in [6.45, 7) is 4.80. The van der Waals surface area contributed by atoms with E-state index >= 15 is 0 Å².